The van der Waals surface area contributed by atoms with E-state index in [1.165, 1.54) is 0 Å². The number of nitrogens with one attached hydrogen (secondary N) is 1. The Morgan fingerprint density at radius 1 is 1.33 bits per heavy atom. The maximum atomic E-state index is 11.8. The molecule has 0 aliphatic heterocycles. The summed E-state index contributed by atoms with van der Waals surface area (Å²) in [5, 5.41) is 12.8. The second kappa shape index (κ2) is 6.55. The second-order valence-corrected chi connectivity index (χ2v) is 5.24. The van der Waals surface area contributed by atoms with Crippen LogP contribution < -0.4 is 5.32 Å². The summed E-state index contributed by atoms with van der Waals surface area (Å²) in [6.45, 7) is 8.72. The highest BCUT2D eigenvalue weighted by Gasteiger charge is 2.18. The van der Waals surface area contributed by atoms with Gasteiger partial charge in [-0.15, -0.1) is 0 Å². The lowest BCUT2D eigenvalue weighted by Crippen LogP contribution is -2.31. The van der Waals surface area contributed by atoms with Crippen LogP contribution in [0.25, 0.3) is 0 Å². The Morgan fingerprint density at radius 3 is 2.56 bits per heavy atom. The van der Waals surface area contributed by atoms with Crippen LogP contribution in [0, 0.1) is 19.8 Å². The molecule has 0 heterocycles. The maximum Gasteiger partial charge on any atom is 0.253 e. The molecule has 1 rings (SSSR count). The van der Waals surface area contributed by atoms with Crippen LogP contribution in [0.2, 0.25) is 0 Å². The average molecular weight is 249 g/mol. The Bertz CT molecular complexity index is 413. The molecule has 2 N–H and O–H groups in total. The predicted octanol–water partition coefficient (Wildman–Crippen LogP) is 2.50. The Morgan fingerprint density at radius 2 is 2.00 bits per heavy atom. The van der Waals surface area contributed by atoms with E-state index in [-0.39, 0.29) is 5.91 Å². The van der Waals surface area contributed by atoms with Gasteiger partial charge in [-0.3, -0.25) is 4.79 Å². The molecule has 0 spiro atoms. The number of carbonyl (C=O) groups excluding carboxylic acids is 1. The lowest BCUT2D eigenvalue weighted by Gasteiger charge is -2.15. The molecule has 3 heteroatoms. The van der Waals surface area contributed by atoms with E-state index in [4.69, 9.17) is 0 Å². The Kier molecular flexibility index (Phi) is 5.35. The molecule has 1 aromatic carbocycles. The predicted molar refractivity (Wildman–Crippen MR) is 73.3 cm³/mol. The van der Waals surface area contributed by atoms with Crippen molar-refractivity contribution >= 4 is 5.91 Å². The molecule has 0 bridgehead atoms. The zero-order valence-corrected chi connectivity index (χ0v) is 11.7. The van der Waals surface area contributed by atoms with Gasteiger partial charge in [0.25, 0.3) is 5.91 Å². The van der Waals surface area contributed by atoms with Crippen LogP contribution in [0.15, 0.2) is 18.2 Å². The Hall–Kier alpha value is -1.35. The number of carbonyl (C=O) groups is 1. The molecule has 18 heavy (non-hydrogen) atoms. The van der Waals surface area contributed by atoms with E-state index in [2.05, 4.69) is 19.2 Å². The number of aryl methyl sites for hydroxylation is 2. The van der Waals surface area contributed by atoms with Crippen LogP contribution >= 0.6 is 0 Å². The number of aliphatic hydroxyl groups excluding tert-OH is 1. The fourth-order valence-corrected chi connectivity index (χ4v) is 1.85. The zero-order chi connectivity index (χ0) is 13.7. The first kappa shape index (κ1) is 14.7. The molecular formula is C15H23NO2. The summed E-state index contributed by atoms with van der Waals surface area (Å²) in [6, 6.07) is 5.70. The molecule has 1 atom stereocenters. The van der Waals surface area contributed by atoms with Gasteiger partial charge in [-0.05, 0) is 37.3 Å². The molecule has 0 aliphatic carbocycles. The van der Waals surface area contributed by atoms with E-state index < -0.39 is 6.10 Å². The van der Waals surface area contributed by atoms with Crippen LogP contribution in [0.1, 0.15) is 43.1 Å². The van der Waals surface area contributed by atoms with Gasteiger partial charge in [-0.2, -0.15) is 0 Å². The standard InChI is InChI=1S/C15H23NO2/c1-10(2)7-8-16-15(18)14(17)13-6-5-11(3)9-12(13)4/h5-6,9-10,14,17H,7-8H2,1-4H3,(H,16,18). The molecular weight excluding hydrogens is 226 g/mol. The third kappa shape index (κ3) is 4.15. The van der Waals surface area contributed by atoms with Crippen LogP contribution in [0.4, 0.5) is 0 Å². The number of hydrogen-bond donors (Lipinski definition) is 2. The number of benzene rings is 1. The van der Waals surface area contributed by atoms with Gasteiger partial charge in [0.05, 0.1) is 0 Å². The summed E-state index contributed by atoms with van der Waals surface area (Å²) >= 11 is 0. The van der Waals surface area contributed by atoms with Crippen molar-refractivity contribution < 1.29 is 9.90 Å². The highest BCUT2D eigenvalue weighted by atomic mass is 16.3. The van der Waals surface area contributed by atoms with Crippen molar-refractivity contribution in [3.8, 4) is 0 Å². The molecule has 100 valence electrons. The van der Waals surface area contributed by atoms with Crippen LogP contribution in [0.3, 0.4) is 0 Å². The molecule has 0 saturated heterocycles. The third-order valence-corrected chi connectivity index (χ3v) is 2.99. The van der Waals surface area contributed by atoms with Crippen molar-refractivity contribution in [3.63, 3.8) is 0 Å². The van der Waals surface area contributed by atoms with E-state index in [0.29, 0.717) is 18.0 Å². The van der Waals surface area contributed by atoms with E-state index in [1.807, 2.05) is 32.0 Å². The van der Waals surface area contributed by atoms with Gasteiger partial charge in [0.1, 0.15) is 0 Å². The summed E-state index contributed by atoms with van der Waals surface area (Å²) in [6.07, 6.45) is -0.150. The Labute approximate surface area is 109 Å². The molecule has 1 unspecified atom stereocenters. The van der Waals surface area contributed by atoms with Gasteiger partial charge in [0.15, 0.2) is 6.10 Å². The minimum Gasteiger partial charge on any atom is -0.378 e. The minimum atomic E-state index is -1.07. The quantitative estimate of drug-likeness (QED) is 0.842. The summed E-state index contributed by atoms with van der Waals surface area (Å²) < 4.78 is 0. The molecule has 0 fully saturated rings. The summed E-state index contributed by atoms with van der Waals surface area (Å²) in [7, 11) is 0. The van der Waals surface area contributed by atoms with Crippen molar-refractivity contribution in [2.45, 2.75) is 40.2 Å². The SMILES string of the molecule is Cc1ccc(C(O)C(=O)NCCC(C)C)c(C)c1. The first-order valence-electron chi connectivity index (χ1n) is 6.44. The van der Waals surface area contributed by atoms with Gasteiger partial charge in [0.2, 0.25) is 0 Å². The second-order valence-electron chi connectivity index (χ2n) is 5.24. The van der Waals surface area contributed by atoms with Crippen LogP contribution in [0.5, 0.6) is 0 Å². The smallest absolute Gasteiger partial charge is 0.253 e. The topological polar surface area (TPSA) is 49.3 Å². The van der Waals surface area contributed by atoms with E-state index >= 15 is 0 Å². The Balaban J connectivity index is 2.63. The fraction of sp³-hybridized carbons (Fsp3) is 0.533. The maximum absolute atomic E-state index is 11.8. The van der Waals surface area contributed by atoms with Crippen molar-refractivity contribution in [3.05, 3.63) is 34.9 Å². The van der Waals surface area contributed by atoms with Crippen molar-refractivity contribution in [1.82, 2.24) is 5.32 Å². The third-order valence-electron chi connectivity index (χ3n) is 2.99. The van der Waals surface area contributed by atoms with Crippen molar-refractivity contribution in [2.24, 2.45) is 5.92 Å². The van der Waals surface area contributed by atoms with E-state index in [9.17, 15) is 9.90 Å². The fourth-order valence-electron chi connectivity index (χ4n) is 1.85. The van der Waals surface area contributed by atoms with Gasteiger partial charge in [0, 0.05) is 6.54 Å². The zero-order valence-electron chi connectivity index (χ0n) is 11.7. The number of rotatable bonds is 5. The summed E-state index contributed by atoms with van der Waals surface area (Å²) in [5.74, 6) is 0.228. The number of hydrogen-bond acceptors (Lipinski definition) is 2. The van der Waals surface area contributed by atoms with Gasteiger partial charge in [-0.25, -0.2) is 0 Å². The van der Waals surface area contributed by atoms with Gasteiger partial charge >= 0.3 is 0 Å². The molecule has 0 saturated carbocycles. The molecule has 0 aliphatic rings. The number of aliphatic hydroxyl groups is 1. The molecule has 3 nitrogen and oxygen atoms in total. The van der Waals surface area contributed by atoms with Crippen LogP contribution in [-0.4, -0.2) is 17.6 Å². The average Bonchev–Trinajstić information content (AvgIpc) is 2.27. The van der Waals surface area contributed by atoms with E-state index in [0.717, 1.165) is 17.5 Å². The molecule has 0 radical (unpaired) electrons. The van der Waals surface area contributed by atoms with Crippen molar-refractivity contribution in [2.75, 3.05) is 6.54 Å². The molecule has 0 aromatic heterocycles. The first-order valence-corrected chi connectivity index (χ1v) is 6.44. The lowest BCUT2D eigenvalue weighted by molar-refractivity contribution is -0.129. The van der Waals surface area contributed by atoms with E-state index in [1.54, 1.807) is 0 Å². The highest BCUT2D eigenvalue weighted by Crippen LogP contribution is 2.19. The van der Waals surface area contributed by atoms with Crippen LogP contribution in [-0.2, 0) is 4.79 Å². The summed E-state index contributed by atoms with van der Waals surface area (Å²) in [4.78, 5) is 11.8. The van der Waals surface area contributed by atoms with Crippen molar-refractivity contribution in [1.29, 1.82) is 0 Å². The number of amides is 1. The van der Waals surface area contributed by atoms with Gasteiger partial charge < -0.3 is 10.4 Å². The minimum absolute atomic E-state index is 0.317. The summed E-state index contributed by atoms with van der Waals surface area (Å²) in [5.41, 5.74) is 2.76. The monoisotopic (exact) mass is 249 g/mol. The first-order chi connectivity index (χ1) is 8.41. The lowest BCUT2D eigenvalue weighted by atomic mass is 10.0. The normalized spacial score (nSPS) is 12.6. The molecule has 1 amide bonds. The molecule has 1 aromatic rings. The van der Waals surface area contributed by atoms with Gasteiger partial charge in [-0.1, -0.05) is 37.6 Å². The largest absolute Gasteiger partial charge is 0.378 e. The highest BCUT2D eigenvalue weighted by molar-refractivity contribution is 5.82.